The van der Waals surface area contributed by atoms with Crippen LogP contribution in [0.1, 0.15) is 44.0 Å². The molecule has 258 valence electrons. The molecule has 0 saturated carbocycles. The van der Waals surface area contributed by atoms with Gasteiger partial charge in [0.25, 0.3) is 11.5 Å². The molecular formula is C32H39N11O6. The summed E-state index contributed by atoms with van der Waals surface area (Å²) in [5.41, 5.74) is 8.73. The molecule has 1 aliphatic heterocycles. The van der Waals surface area contributed by atoms with E-state index in [0.29, 0.717) is 43.0 Å². The molecule has 1 fully saturated rings. The number of fused-ring (bicyclic) bond motifs is 2. The van der Waals surface area contributed by atoms with Crippen molar-refractivity contribution in [3.63, 3.8) is 0 Å². The highest BCUT2D eigenvalue weighted by molar-refractivity contribution is 5.84. The Balaban J connectivity index is 1.13. The number of carbonyl (C=O) groups excluding carboxylic acids is 1. The van der Waals surface area contributed by atoms with E-state index in [4.69, 9.17) is 10.5 Å². The van der Waals surface area contributed by atoms with Gasteiger partial charge in [-0.05, 0) is 44.4 Å². The molecule has 17 nitrogen and oxygen atoms in total. The van der Waals surface area contributed by atoms with Gasteiger partial charge >= 0.3 is 5.69 Å². The van der Waals surface area contributed by atoms with Gasteiger partial charge < -0.3 is 35.9 Å². The minimum atomic E-state index is -1.44. The lowest BCUT2D eigenvalue weighted by atomic mass is 10.1. The van der Waals surface area contributed by atoms with Gasteiger partial charge in [-0.25, -0.2) is 14.8 Å². The third kappa shape index (κ3) is 6.07. The number of ether oxygens (including phenoxy) is 1. The third-order valence-electron chi connectivity index (χ3n) is 8.58. The van der Waals surface area contributed by atoms with E-state index < -0.39 is 30.4 Å². The monoisotopic (exact) mass is 673 g/mol. The number of hydrogen-bond donors (Lipinski definition) is 5. The summed E-state index contributed by atoms with van der Waals surface area (Å²) in [6.07, 6.45) is 0.503. The van der Waals surface area contributed by atoms with Gasteiger partial charge in [-0.15, -0.1) is 0 Å². The first-order valence-corrected chi connectivity index (χ1v) is 16.1. The first-order valence-electron chi connectivity index (χ1n) is 16.1. The summed E-state index contributed by atoms with van der Waals surface area (Å²) < 4.78 is 11.6. The Morgan fingerprint density at radius 3 is 2.43 bits per heavy atom. The molecule has 6 N–H and O–H groups in total. The maximum Gasteiger partial charge on any atom is 0.332 e. The van der Waals surface area contributed by atoms with Crippen molar-refractivity contribution in [2.24, 2.45) is 7.05 Å². The van der Waals surface area contributed by atoms with E-state index in [1.807, 2.05) is 43.3 Å². The topological polar surface area (TPSA) is 222 Å². The molecule has 1 aliphatic rings. The average molecular weight is 674 g/mol. The van der Waals surface area contributed by atoms with Gasteiger partial charge in [0.1, 0.15) is 23.5 Å². The fraction of sp³-hybridized carbons (Fsp3) is 0.406. The number of nitrogens with zero attached hydrogens (tertiary/aromatic N) is 8. The van der Waals surface area contributed by atoms with Gasteiger partial charge in [0.05, 0.1) is 6.33 Å². The highest BCUT2D eigenvalue weighted by Crippen LogP contribution is 2.32. The lowest BCUT2D eigenvalue weighted by molar-refractivity contribution is -0.137. The van der Waals surface area contributed by atoms with E-state index >= 15 is 0 Å². The van der Waals surface area contributed by atoms with E-state index in [0.717, 1.165) is 11.1 Å². The zero-order valence-electron chi connectivity index (χ0n) is 27.6. The summed E-state index contributed by atoms with van der Waals surface area (Å²) in [7, 11) is 1.76. The van der Waals surface area contributed by atoms with Crippen molar-refractivity contribution in [2.75, 3.05) is 24.1 Å². The van der Waals surface area contributed by atoms with E-state index in [1.54, 1.807) is 25.5 Å². The predicted molar refractivity (Wildman–Crippen MR) is 182 cm³/mol. The second-order valence-corrected chi connectivity index (χ2v) is 11.6. The molecule has 1 unspecified atom stereocenters. The van der Waals surface area contributed by atoms with Crippen LogP contribution >= 0.6 is 0 Å². The molecule has 4 aromatic heterocycles. The maximum atomic E-state index is 13.0. The predicted octanol–water partition coefficient (Wildman–Crippen LogP) is 0.239. The van der Waals surface area contributed by atoms with Gasteiger partial charge in [0.15, 0.2) is 35.0 Å². The SMILES string of the molecule is CCNC(=O)C1O[C@@H](n2cnc3c(N)nc(NCCc4ccc(/C=C/c5nc6c(c(=O)n(CC)c(=O)n6CC)n5C)cc4)nc32)[C@H](O)[C@@H]1O. The number of carbonyl (C=O) groups is 1. The van der Waals surface area contributed by atoms with Crippen LogP contribution in [0.25, 0.3) is 34.5 Å². The fourth-order valence-electron chi connectivity index (χ4n) is 5.96. The molecule has 0 radical (unpaired) electrons. The fourth-order valence-corrected chi connectivity index (χ4v) is 5.96. The number of aliphatic hydroxyl groups is 2. The number of rotatable bonds is 11. The Bertz CT molecular complexity index is 2160. The van der Waals surface area contributed by atoms with Crippen molar-refractivity contribution in [1.29, 1.82) is 0 Å². The molecule has 0 spiro atoms. The number of benzene rings is 1. The average Bonchev–Trinajstić information content (AvgIpc) is 3.74. The highest BCUT2D eigenvalue weighted by Gasteiger charge is 2.47. The van der Waals surface area contributed by atoms with Crippen LogP contribution in [0.3, 0.4) is 0 Å². The molecule has 0 bridgehead atoms. The van der Waals surface area contributed by atoms with Crippen molar-refractivity contribution in [3.8, 4) is 0 Å². The highest BCUT2D eigenvalue weighted by atomic mass is 16.6. The summed E-state index contributed by atoms with van der Waals surface area (Å²) in [5, 5.41) is 26.9. The van der Waals surface area contributed by atoms with Crippen molar-refractivity contribution < 1.29 is 19.7 Å². The molecule has 17 heteroatoms. The standard InChI is InChI=1S/C32H39N11O6/c1-5-34-28(46)24-22(44)23(45)30(49-24)43-16-36-20-25(33)38-31(39-26(20)43)35-15-14-18-10-8-17(9-11-18)12-13-19-37-27-21(40(19)4)29(47)42(7-3)32(48)41(27)6-2/h8-13,16,22-24,30,44-45H,5-7,14-15H2,1-4H3,(H,34,46)(H3,33,35,38,39)/b13-12+/t22-,23+,24?,30+/m0/s1. The van der Waals surface area contributed by atoms with Crippen molar-refractivity contribution in [2.45, 2.75) is 64.8 Å². The molecule has 1 aromatic carbocycles. The number of hydrogen-bond acceptors (Lipinski definition) is 12. The number of imidazole rings is 2. The van der Waals surface area contributed by atoms with Crippen molar-refractivity contribution in [3.05, 3.63) is 68.4 Å². The van der Waals surface area contributed by atoms with Crippen molar-refractivity contribution in [1.82, 2.24) is 43.5 Å². The molecule has 5 heterocycles. The summed E-state index contributed by atoms with van der Waals surface area (Å²) in [6, 6.07) is 7.92. The number of likely N-dealkylation sites (N-methyl/N-ethyl adjacent to an activating group) is 1. The summed E-state index contributed by atoms with van der Waals surface area (Å²) >= 11 is 0. The summed E-state index contributed by atoms with van der Waals surface area (Å²) in [5.74, 6) is 0.378. The zero-order chi connectivity index (χ0) is 35.0. The van der Waals surface area contributed by atoms with Crippen LogP contribution in [0.2, 0.25) is 0 Å². The number of nitrogens with one attached hydrogen (secondary N) is 2. The van der Waals surface area contributed by atoms with E-state index in [9.17, 15) is 24.6 Å². The number of nitrogens with two attached hydrogens (primary N) is 1. The molecule has 4 atom stereocenters. The number of nitrogen functional groups attached to an aromatic ring is 1. The lowest BCUT2D eigenvalue weighted by Gasteiger charge is -2.16. The molecule has 1 amide bonds. The number of amides is 1. The second-order valence-electron chi connectivity index (χ2n) is 11.6. The Morgan fingerprint density at radius 1 is 1.00 bits per heavy atom. The normalized spacial score (nSPS) is 19.4. The molecular weight excluding hydrogens is 634 g/mol. The van der Waals surface area contributed by atoms with Gasteiger partial charge in [0.2, 0.25) is 5.95 Å². The third-order valence-corrected chi connectivity index (χ3v) is 8.58. The minimum Gasteiger partial charge on any atom is -0.387 e. The van der Waals surface area contributed by atoms with Gasteiger partial charge in [-0.2, -0.15) is 9.97 Å². The van der Waals surface area contributed by atoms with Crippen LogP contribution in [-0.4, -0.2) is 85.7 Å². The summed E-state index contributed by atoms with van der Waals surface area (Å²) in [4.78, 5) is 55.7. The summed E-state index contributed by atoms with van der Waals surface area (Å²) in [6.45, 7) is 6.86. The maximum absolute atomic E-state index is 13.0. The molecule has 5 aromatic rings. The smallest absolute Gasteiger partial charge is 0.332 e. The Hall–Kier alpha value is -5.39. The second kappa shape index (κ2) is 13.6. The van der Waals surface area contributed by atoms with Gasteiger partial charge in [0, 0.05) is 33.2 Å². The van der Waals surface area contributed by atoms with E-state index in [-0.39, 0.29) is 40.7 Å². The largest absolute Gasteiger partial charge is 0.387 e. The van der Waals surface area contributed by atoms with Gasteiger partial charge in [-0.1, -0.05) is 30.3 Å². The molecule has 49 heavy (non-hydrogen) atoms. The van der Waals surface area contributed by atoms with Crippen LogP contribution in [-0.2, 0) is 36.1 Å². The number of anilines is 2. The number of aromatic nitrogens is 8. The molecule has 0 aliphatic carbocycles. The minimum absolute atomic E-state index is 0.116. The Kier molecular flexibility index (Phi) is 9.31. The first kappa shape index (κ1) is 33.5. The molecule has 6 rings (SSSR count). The van der Waals surface area contributed by atoms with E-state index in [2.05, 4.69) is 30.6 Å². The quantitative estimate of drug-likeness (QED) is 0.127. The Labute approximate surface area is 279 Å². The first-order chi connectivity index (χ1) is 23.6. The number of aryl methyl sites for hydroxylation is 2. The zero-order valence-corrected chi connectivity index (χ0v) is 27.6. The van der Waals surface area contributed by atoms with E-state index in [1.165, 1.54) is 20.0 Å². The van der Waals surface area contributed by atoms with Crippen LogP contribution in [0.5, 0.6) is 0 Å². The van der Waals surface area contributed by atoms with Crippen molar-refractivity contribution >= 4 is 52.2 Å². The number of aliphatic hydroxyl groups excluding tert-OH is 2. The Morgan fingerprint density at radius 2 is 1.73 bits per heavy atom. The lowest BCUT2D eigenvalue weighted by Crippen LogP contribution is -2.42. The molecule has 1 saturated heterocycles. The van der Waals surface area contributed by atoms with Crippen LogP contribution in [0, 0.1) is 0 Å². The van der Waals surface area contributed by atoms with Crippen LogP contribution in [0.15, 0.2) is 40.2 Å². The van der Waals surface area contributed by atoms with Crippen LogP contribution in [0.4, 0.5) is 11.8 Å². The van der Waals surface area contributed by atoms with Gasteiger partial charge in [-0.3, -0.25) is 23.3 Å². The van der Waals surface area contributed by atoms with Crippen LogP contribution < -0.4 is 27.6 Å².